The first-order valence-electron chi connectivity index (χ1n) is 10.1. The number of hydrogen-bond acceptors (Lipinski definition) is 1. The van der Waals surface area contributed by atoms with E-state index >= 15 is 0 Å². The van der Waals surface area contributed by atoms with Crippen molar-refractivity contribution in [1.82, 2.24) is 0 Å². The fourth-order valence-corrected chi connectivity index (χ4v) is 5.02. The SMILES string of the molecule is CCc1cc(C2=C(C)CC3CCCC23)ccc1NC(=O)c1c(F)cccc1F. The number of nitrogens with one attached hydrogen (secondary N) is 1. The van der Waals surface area contributed by atoms with Gasteiger partial charge in [-0.2, -0.15) is 0 Å². The van der Waals surface area contributed by atoms with Crippen molar-refractivity contribution in [3.05, 3.63) is 70.3 Å². The molecule has 0 heterocycles. The Morgan fingerprint density at radius 1 is 1.14 bits per heavy atom. The van der Waals surface area contributed by atoms with Crippen LogP contribution >= 0.6 is 0 Å². The number of benzene rings is 2. The lowest BCUT2D eigenvalue weighted by molar-refractivity contribution is 0.101. The van der Waals surface area contributed by atoms with E-state index in [1.165, 1.54) is 48.5 Å². The van der Waals surface area contributed by atoms with E-state index in [4.69, 9.17) is 0 Å². The van der Waals surface area contributed by atoms with Gasteiger partial charge in [-0.3, -0.25) is 4.79 Å². The molecule has 4 heteroatoms. The minimum atomic E-state index is -0.855. The van der Waals surface area contributed by atoms with Gasteiger partial charge in [-0.25, -0.2) is 8.78 Å². The molecule has 2 atom stereocenters. The second-order valence-electron chi connectivity index (χ2n) is 7.97. The van der Waals surface area contributed by atoms with Crippen LogP contribution in [-0.2, 0) is 6.42 Å². The molecule has 1 fully saturated rings. The average Bonchev–Trinajstić information content (AvgIpc) is 3.22. The van der Waals surface area contributed by atoms with Crippen LogP contribution in [0.1, 0.15) is 61.0 Å². The monoisotopic (exact) mass is 381 g/mol. The van der Waals surface area contributed by atoms with Crippen LogP contribution in [0.15, 0.2) is 42.0 Å². The number of hydrogen-bond donors (Lipinski definition) is 1. The quantitative estimate of drug-likeness (QED) is 0.655. The summed E-state index contributed by atoms with van der Waals surface area (Å²) in [5.74, 6) is -1.04. The average molecular weight is 381 g/mol. The molecule has 0 saturated heterocycles. The van der Waals surface area contributed by atoms with E-state index in [0.29, 0.717) is 11.6 Å². The van der Waals surface area contributed by atoms with Crippen molar-refractivity contribution >= 4 is 17.2 Å². The van der Waals surface area contributed by atoms with Crippen LogP contribution in [0.4, 0.5) is 14.5 Å². The molecule has 2 aliphatic carbocycles. The van der Waals surface area contributed by atoms with Crippen molar-refractivity contribution in [1.29, 1.82) is 0 Å². The number of aryl methyl sites for hydroxylation is 1. The maximum absolute atomic E-state index is 13.9. The molecule has 4 rings (SSSR count). The first-order chi connectivity index (χ1) is 13.5. The van der Waals surface area contributed by atoms with Gasteiger partial charge in [0.05, 0.1) is 0 Å². The Hall–Kier alpha value is -2.49. The Labute approximate surface area is 164 Å². The zero-order valence-corrected chi connectivity index (χ0v) is 16.3. The normalized spacial score (nSPS) is 21.1. The number of allylic oxidation sites excluding steroid dienone is 2. The van der Waals surface area contributed by atoms with Gasteiger partial charge >= 0.3 is 0 Å². The summed E-state index contributed by atoms with van der Waals surface area (Å²) in [7, 11) is 0. The lowest BCUT2D eigenvalue weighted by atomic mass is 9.89. The number of rotatable bonds is 4. The molecule has 2 aromatic carbocycles. The molecule has 0 spiro atoms. The lowest BCUT2D eigenvalue weighted by Crippen LogP contribution is -2.17. The predicted molar refractivity (Wildman–Crippen MR) is 108 cm³/mol. The summed E-state index contributed by atoms with van der Waals surface area (Å²) in [6, 6.07) is 9.47. The second-order valence-corrected chi connectivity index (χ2v) is 7.97. The van der Waals surface area contributed by atoms with Crippen LogP contribution in [-0.4, -0.2) is 5.91 Å². The van der Waals surface area contributed by atoms with E-state index in [1.807, 2.05) is 19.1 Å². The van der Waals surface area contributed by atoms with E-state index in [2.05, 4.69) is 18.3 Å². The second kappa shape index (κ2) is 7.50. The highest BCUT2D eigenvalue weighted by Gasteiger charge is 2.37. The summed E-state index contributed by atoms with van der Waals surface area (Å²) in [5.41, 5.74) is 5.20. The number of carbonyl (C=O) groups is 1. The first kappa shape index (κ1) is 18.9. The topological polar surface area (TPSA) is 29.1 Å². The fourth-order valence-electron chi connectivity index (χ4n) is 5.02. The van der Waals surface area contributed by atoms with Crippen molar-refractivity contribution in [2.45, 2.75) is 46.0 Å². The smallest absolute Gasteiger partial charge is 0.261 e. The number of carbonyl (C=O) groups excluding carboxylic acids is 1. The Bertz CT molecular complexity index is 943. The van der Waals surface area contributed by atoms with Gasteiger partial charge in [0.25, 0.3) is 5.91 Å². The van der Waals surface area contributed by atoms with Gasteiger partial charge < -0.3 is 5.32 Å². The Morgan fingerprint density at radius 2 is 1.89 bits per heavy atom. The Morgan fingerprint density at radius 3 is 2.61 bits per heavy atom. The van der Waals surface area contributed by atoms with Gasteiger partial charge in [0.1, 0.15) is 17.2 Å². The molecule has 1 amide bonds. The lowest BCUT2D eigenvalue weighted by Gasteiger charge is -2.18. The zero-order chi connectivity index (χ0) is 19.8. The molecule has 1 N–H and O–H groups in total. The summed E-state index contributed by atoms with van der Waals surface area (Å²) in [6.07, 6.45) is 5.78. The Balaban J connectivity index is 1.63. The van der Waals surface area contributed by atoms with Crippen LogP contribution in [0.25, 0.3) is 5.57 Å². The summed E-state index contributed by atoms with van der Waals surface area (Å²) in [4.78, 5) is 12.5. The molecule has 0 aromatic heterocycles. The van der Waals surface area contributed by atoms with Gasteiger partial charge in [0, 0.05) is 5.69 Å². The minimum Gasteiger partial charge on any atom is -0.322 e. The number of fused-ring (bicyclic) bond motifs is 1. The molecular weight excluding hydrogens is 356 g/mol. The van der Waals surface area contributed by atoms with Crippen molar-refractivity contribution in [2.75, 3.05) is 5.32 Å². The van der Waals surface area contributed by atoms with Gasteiger partial charge in [0.2, 0.25) is 0 Å². The molecule has 28 heavy (non-hydrogen) atoms. The van der Waals surface area contributed by atoms with Crippen molar-refractivity contribution in [3.8, 4) is 0 Å². The molecule has 0 bridgehead atoms. The van der Waals surface area contributed by atoms with E-state index in [0.717, 1.165) is 30.0 Å². The zero-order valence-electron chi connectivity index (χ0n) is 16.3. The van der Waals surface area contributed by atoms with Crippen LogP contribution in [0.3, 0.4) is 0 Å². The summed E-state index contributed by atoms with van der Waals surface area (Å²) >= 11 is 0. The maximum Gasteiger partial charge on any atom is 0.261 e. The third-order valence-corrected chi connectivity index (χ3v) is 6.29. The first-order valence-corrected chi connectivity index (χ1v) is 10.1. The maximum atomic E-state index is 13.9. The molecule has 0 radical (unpaired) electrons. The Kier molecular flexibility index (Phi) is 5.05. The highest BCUT2D eigenvalue weighted by Crippen LogP contribution is 2.51. The van der Waals surface area contributed by atoms with Gasteiger partial charge in [-0.05, 0) is 85.4 Å². The third-order valence-electron chi connectivity index (χ3n) is 6.29. The third kappa shape index (κ3) is 3.25. The molecular formula is C24H25F2NO. The van der Waals surface area contributed by atoms with Gasteiger partial charge in [-0.15, -0.1) is 0 Å². The highest BCUT2D eigenvalue weighted by molar-refractivity contribution is 6.05. The van der Waals surface area contributed by atoms with Crippen molar-refractivity contribution in [3.63, 3.8) is 0 Å². The number of halogens is 2. The van der Waals surface area contributed by atoms with Crippen molar-refractivity contribution < 1.29 is 13.6 Å². The van der Waals surface area contributed by atoms with Crippen molar-refractivity contribution in [2.24, 2.45) is 11.8 Å². The predicted octanol–water partition coefficient (Wildman–Crippen LogP) is 6.37. The molecule has 2 nitrogen and oxygen atoms in total. The summed E-state index contributed by atoms with van der Waals surface area (Å²) < 4.78 is 27.8. The van der Waals surface area contributed by atoms with E-state index in [9.17, 15) is 13.6 Å². The molecule has 1 saturated carbocycles. The fraction of sp³-hybridized carbons (Fsp3) is 0.375. The van der Waals surface area contributed by atoms with Crippen LogP contribution < -0.4 is 5.32 Å². The highest BCUT2D eigenvalue weighted by atomic mass is 19.1. The van der Waals surface area contributed by atoms with E-state index in [1.54, 1.807) is 0 Å². The van der Waals surface area contributed by atoms with Crippen LogP contribution in [0.2, 0.25) is 0 Å². The summed E-state index contributed by atoms with van der Waals surface area (Å²) in [6.45, 7) is 4.25. The number of anilines is 1. The van der Waals surface area contributed by atoms with E-state index < -0.39 is 23.1 Å². The van der Waals surface area contributed by atoms with Gasteiger partial charge in [-0.1, -0.05) is 31.1 Å². The number of amides is 1. The molecule has 2 aromatic rings. The van der Waals surface area contributed by atoms with Crippen LogP contribution in [0.5, 0.6) is 0 Å². The van der Waals surface area contributed by atoms with Gasteiger partial charge in [0.15, 0.2) is 0 Å². The van der Waals surface area contributed by atoms with Crippen LogP contribution in [0, 0.1) is 23.5 Å². The molecule has 146 valence electrons. The van der Waals surface area contributed by atoms with E-state index in [-0.39, 0.29) is 0 Å². The molecule has 0 aliphatic heterocycles. The minimum absolute atomic E-state index is 0.545. The largest absolute Gasteiger partial charge is 0.322 e. The summed E-state index contributed by atoms with van der Waals surface area (Å²) in [5, 5.41) is 2.70. The standard InChI is InChI=1S/C24H25F2NO/c1-3-15-13-17(22-14(2)12-16-6-4-7-18(16)22)10-11-21(15)27-24(28)23-19(25)8-5-9-20(23)26/h5,8-11,13,16,18H,3-4,6-7,12H2,1-2H3,(H,27,28). The molecule has 2 aliphatic rings. The molecule has 2 unspecified atom stereocenters.